The summed E-state index contributed by atoms with van der Waals surface area (Å²) in [6.07, 6.45) is 1.80. The van der Waals surface area contributed by atoms with Gasteiger partial charge in [-0.15, -0.1) is 0 Å². The Kier molecular flexibility index (Phi) is 2.01. The maximum absolute atomic E-state index is 13.9. The molecule has 0 aliphatic carbocycles. The third kappa shape index (κ3) is 1.29. The zero-order chi connectivity index (χ0) is 12.0. The molecule has 0 saturated heterocycles. The van der Waals surface area contributed by atoms with Crippen LogP contribution in [0.3, 0.4) is 0 Å². The summed E-state index contributed by atoms with van der Waals surface area (Å²) in [7, 11) is 0. The van der Waals surface area contributed by atoms with Gasteiger partial charge in [-0.1, -0.05) is 6.07 Å². The van der Waals surface area contributed by atoms with E-state index < -0.39 is 0 Å². The fraction of sp³-hybridized carbons (Fsp3) is 0.0714. The zero-order valence-corrected chi connectivity index (χ0v) is 9.31. The predicted molar refractivity (Wildman–Crippen MR) is 63.5 cm³/mol. The zero-order valence-electron chi connectivity index (χ0n) is 9.31. The minimum Gasteiger partial charge on any atom is -0.507 e. The van der Waals surface area contributed by atoms with E-state index in [-0.39, 0.29) is 11.6 Å². The number of hydrogen-bond acceptors (Lipinski definition) is 1. The summed E-state index contributed by atoms with van der Waals surface area (Å²) in [5.41, 5.74) is 1.97. The van der Waals surface area contributed by atoms with Crippen LogP contribution in [0.25, 0.3) is 16.4 Å². The van der Waals surface area contributed by atoms with Crippen molar-refractivity contribution >= 4 is 16.4 Å². The fourth-order valence-corrected chi connectivity index (χ4v) is 2.22. The molecule has 0 aliphatic heterocycles. The highest BCUT2D eigenvalue weighted by Gasteiger charge is 2.20. The molecule has 0 amide bonds. The van der Waals surface area contributed by atoms with Crippen molar-refractivity contribution in [2.75, 3.05) is 0 Å². The van der Waals surface area contributed by atoms with Crippen molar-refractivity contribution in [2.45, 2.75) is 6.92 Å². The molecule has 1 N–H and O–H groups in total. The highest BCUT2D eigenvalue weighted by Crippen LogP contribution is 2.29. The van der Waals surface area contributed by atoms with Crippen LogP contribution in [0.15, 0.2) is 42.6 Å². The van der Waals surface area contributed by atoms with Crippen molar-refractivity contribution in [3.8, 4) is 5.75 Å². The maximum Gasteiger partial charge on any atom is 0.258 e. The van der Waals surface area contributed by atoms with Crippen LogP contribution in [0.1, 0.15) is 5.56 Å². The smallest absolute Gasteiger partial charge is 0.258 e. The van der Waals surface area contributed by atoms with Gasteiger partial charge in [-0.3, -0.25) is 0 Å². The second-order valence-corrected chi connectivity index (χ2v) is 4.07. The average molecular weight is 228 g/mol. The van der Waals surface area contributed by atoms with Gasteiger partial charge < -0.3 is 5.11 Å². The van der Waals surface area contributed by atoms with E-state index in [9.17, 15) is 9.50 Å². The van der Waals surface area contributed by atoms with E-state index in [1.807, 2.05) is 25.1 Å². The lowest BCUT2D eigenvalue weighted by atomic mass is 10.1. The van der Waals surface area contributed by atoms with Gasteiger partial charge in [0.1, 0.15) is 5.75 Å². The molecule has 2 heterocycles. The topological polar surface area (TPSA) is 24.3 Å². The minimum atomic E-state index is -0.334. The van der Waals surface area contributed by atoms with Gasteiger partial charge in [-0.25, -0.2) is 0 Å². The number of halogens is 1. The lowest BCUT2D eigenvalue weighted by Crippen LogP contribution is -2.24. The van der Waals surface area contributed by atoms with Gasteiger partial charge >= 0.3 is 0 Å². The molecule has 2 aromatic heterocycles. The highest BCUT2D eigenvalue weighted by atomic mass is 19.1. The first-order chi connectivity index (χ1) is 8.20. The molecular formula is C14H11FNO+. The summed E-state index contributed by atoms with van der Waals surface area (Å²) in [6.45, 7) is 1.83. The number of aryl methyl sites for hydroxylation is 1. The molecule has 0 radical (unpaired) electrons. The number of nitrogens with zero attached hydrogens (tertiary/aromatic N) is 1. The Bertz CT molecular complexity index is 737. The molecule has 0 atom stereocenters. The van der Waals surface area contributed by atoms with Gasteiger partial charge in [0, 0.05) is 12.1 Å². The lowest BCUT2D eigenvalue weighted by molar-refractivity contribution is -0.483. The molecule has 3 heteroatoms. The van der Waals surface area contributed by atoms with E-state index in [0.717, 1.165) is 11.1 Å². The van der Waals surface area contributed by atoms with Crippen LogP contribution in [0.4, 0.5) is 4.39 Å². The number of hydrogen-bond donors (Lipinski definition) is 1. The fourth-order valence-electron chi connectivity index (χ4n) is 2.22. The van der Waals surface area contributed by atoms with Crippen molar-refractivity contribution < 1.29 is 13.9 Å². The van der Waals surface area contributed by atoms with Crippen LogP contribution in [0.5, 0.6) is 5.75 Å². The van der Waals surface area contributed by atoms with Crippen LogP contribution < -0.4 is 4.40 Å². The Morgan fingerprint density at radius 1 is 1.12 bits per heavy atom. The largest absolute Gasteiger partial charge is 0.507 e. The van der Waals surface area contributed by atoms with E-state index in [1.165, 1.54) is 6.07 Å². The first-order valence-corrected chi connectivity index (χ1v) is 5.40. The number of para-hydroxylation sites is 1. The van der Waals surface area contributed by atoms with Crippen molar-refractivity contribution in [3.05, 3.63) is 54.0 Å². The molecule has 1 aromatic carbocycles. The van der Waals surface area contributed by atoms with Crippen molar-refractivity contribution in [1.29, 1.82) is 0 Å². The molecule has 0 fully saturated rings. The number of aromatic nitrogens is 1. The van der Waals surface area contributed by atoms with Crippen LogP contribution in [0.2, 0.25) is 0 Å². The molecular weight excluding hydrogens is 217 g/mol. The number of fused-ring (bicyclic) bond motifs is 3. The quantitative estimate of drug-likeness (QED) is 0.464. The number of rotatable bonds is 0. The first-order valence-electron chi connectivity index (χ1n) is 5.40. The molecule has 17 heavy (non-hydrogen) atoms. The van der Waals surface area contributed by atoms with E-state index >= 15 is 0 Å². The first kappa shape index (κ1) is 10.0. The SMILES string of the molecule is Cc1c(O)c2cccc(F)c2[n+]2ccccc12. The van der Waals surface area contributed by atoms with Gasteiger partial charge in [0.05, 0.1) is 10.9 Å². The van der Waals surface area contributed by atoms with Crippen LogP contribution in [0, 0.1) is 12.7 Å². The molecule has 84 valence electrons. The Morgan fingerprint density at radius 3 is 2.76 bits per heavy atom. The molecule has 3 rings (SSSR count). The van der Waals surface area contributed by atoms with Crippen molar-refractivity contribution in [1.82, 2.24) is 0 Å². The Morgan fingerprint density at radius 2 is 1.94 bits per heavy atom. The molecule has 0 saturated carbocycles. The molecule has 0 aliphatic rings. The molecule has 0 unspecified atom stereocenters. The van der Waals surface area contributed by atoms with E-state index in [4.69, 9.17) is 0 Å². The third-order valence-corrected chi connectivity index (χ3v) is 3.08. The van der Waals surface area contributed by atoms with Gasteiger partial charge in [0.25, 0.3) is 5.52 Å². The van der Waals surface area contributed by atoms with Crippen LogP contribution >= 0.6 is 0 Å². The van der Waals surface area contributed by atoms with E-state index in [0.29, 0.717) is 10.9 Å². The number of benzene rings is 1. The second kappa shape index (κ2) is 3.42. The average Bonchev–Trinajstić information content (AvgIpc) is 2.36. The van der Waals surface area contributed by atoms with Gasteiger partial charge in [-0.2, -0.15) is 8.79 Å². The summed E-state index contributed by atoms with van der Waals surface area (Å²) in [5, 5.41) is 10.6. The summed E-state index contributed by atoms with van der Waals surface area (Å²) in [4.78, 5) is 0. The summed E-state index contributed by atoms with van der Waals surface area (Å²) < 4.78 is 15.7. The molecule has 3 aromatic rings. The lowest BCUT2D eigenvalue weighted by Gasteiger charge is -2.04. The predicted octanol–water partition coefficient (Wildman–Crippen LogP) is 2.73. The molecule has 0 spiro atoms. The van der Waals surface area contributed by atoms with Crippen molar-refractivity contribution in [3.63, 3.8) is 0 Å². The highest BCUT2D eigenvalue weighted by molar-refractivity contribution is 5.86. The molecule has 0 bridgehead atoms. The normalized spacial score (nSPS) is 11.2. The Balaban J connectivity index is 2.72. The third-order valence-electron chi connectivity index (χ3n) is 3.08. The number of pyridine rings is 2. The van der Waals surface area contributed by atoms with Gasteiger partial charge in [0.15, 0.2) is 12.0 Å². The van der Waals surface area contributed by atoms with Crippen LogP contribution in [-0.2, 0) is 0 Å². The van der Waals surface area contributed by atoms with Gasteiger partial charge in [-0.05, 0) is 25.1 Å². The summed E-state index contributed by atoms with van der Waals surface area (Å²) in [6, 6.07) is 10.3. The van der Waals surface area contributed by atoms with E-state index in [2.05, 4.69) is 0 Å². The second-order valence-electron chi connectivity index (χ2n) is 4.07. The van der Waals surface area contributed by atoms with Crippen LogP contribution in [-0.4, -0.2) is 5.11 Å². The van der Waals surface area contributed by atoms with Gasteiger partial charge in [0.2, 0.25) is 5.52 Å². The molecule has 2 nitrogen and oxygen atoms in total. The van der Waals surface area contributed by atoms with E-state index in [1.54, 1.807) is 22.7 Å². The number of aromatic hydroxyl groups is 1. The summed E-state index contributed by atoms with van der Waals surface area (Å²) in [5.74, 6) is -0.190. The maximum atomic E-state index is 13.9. The minimum absolute atomic E-state index is 0.144. The summed E-state index contributed by atoms with van der Waals surface area (Å²) >= 11 is 0. The standard InChI is InChI=1S/C14H10FNO/c1-9-12-7-2-3-8-16(12)13-10(14(9)17)5-4-6-11(13)15/h2-8H,1H3/p+1. The Hall–Kier alpha value is -2.16. The van der Waals surface area contributed by atoms with Crippen molar-refractivity contribution in [2.24, 2.45) is 0 Å². The Labute approximate surface area is 97.6 Å². The monoisotopic (exact) mass is 228 g/mol.